The predicted octanol–water partition coefficient (Wildman–Crippen LogP) is 1.90. The monoisotopic (exact) mass is 208 g/mol. The zero-order valence-electron chi connectivity index (χ0n) is 10.1. The quantitative estimate of drug-likeness (QED) is 0.692. The van der Waals surface area contributed by atoms with Gasteiger partial charge in [0.25, 0.3) is 0 Å². The average Bonchev–Trinajstić information content (AvgIpc) is 2.30. The Hall–Kier alpha value is -0.520. The molecule has 1 fully saturated rings. The molecular weight excluding hydrogens is 184 g/mol. The molecule has 0 saturated heterocycles. The molecule has 2 atom stereocenters. The van der Waals surface area contributed by atoms with Crippen molar-refractivity contribution in [3.8, 4) is 11.8 Å². The summed E-state index contributed by atoms with van der Waals surface area (Å²) < 4.78 is 0. The highest BCUT2D eigenvalue weighted by molar-refractivity contribution is 5.03. The highest BCUT2D eigenvalue weighted by atomic mass is 15.0. The molecule has 3 N–H and O–H groups in total. The molecule has 0 aromatic heterocycles. The SMILES string of the molecule is CC#CCNC1(CN)CCCCC1CC. The fraction of sp³-hybridized carbons (Fsp3) is 0.846. The van der Waals surface area contributed by atoms with E-state index in [0.29, 0.717) is 0 Å². The van der Waals surface area contributed by atoms with Crippen LogP contribution in [-0.2, 0) is 0 Å². The molecule has 0 heterocycles. The topological polar surface area (TPSA) is 38.0 Å². The van der Waals surface area contributed by atoms with Crippen molar-refractivity contribution in [2.45, 2.75) is 51.5 Å². The minimum Gasteiger partial charge on any atom is -0.329 e. The van der Waals surface area contributed by atoms with E-state index in [2.05, 4.69) is 24.1 Å². The zero-order valence-corrected chi connectivity index (χ0v) is 10.1. The van der Waals surface area contributed by atoms with Crippen molar-refractivity contribution in [1.82, 2.24) is 5.32 Å². The van der Waals surface area contributed by atoms with Gasteiger partial charge in [0.15, 0.2) is 0 Å². The van der Waals surface area contributed by atoms with Gasteiger partial charge in [-0.05, 0) is 25.7 Å². The Morgan fingerprint density at radius 2 is 2.27 bits per heavy atom. The van der Waals surface area contributed by atoms with Crippen LogP contribution in [0, 0.1) is 17.8 Å². The summed E-state index contributed by atoms with van der Waals surface area (Å²) in [7, 11) is 0. The zero-order chi connectivity index (χ0) is 11.1. The van der Waals surface area contributed by atoms with Gasteiger partial charge in [-0.25, -0.2) is 0 Å². The summed E-state index contributed by atoms with van der Waals surface area (Å²) in [5.74, 6) is 6.74. The van der Waals surface area contributed by atoms with E-state index in [-0.39, 0.29) is 5.54 Å². The standard InChI is InChI=1S/C13H24N2/c1-3-5-10-15-13(11-14)9-7-6-8-12(13)4-2/h12,15H,4,6-11,14H2,1-2H3. The van der Waals surface area contributed by atoms with Crippen LogP contribution in [0.25, 0.3) is 0 Å². The Kier molecular flexibility index (Phi) is 5.14. The van der Waals surface area contributed by atoms with Crippen molar-refractivity contribution >= 4 is 0 Å². The van der Waals surface area contributed by atoms with Crippen LogP contribution in [0.2, 0.25) is 0 Å². The molecule has 0 spiro atoms. The Morgan fingerprint density at radius 1 is 1.47 bits per heavy atom. The Balaban J connectivity index is 2.63. The van der Waals surface area contributed by atoms with Gasteiger partial charge in [-0.1, -0.05) is 32.1 Å². The minimum absolute atomic E-state index is 0.164. The van der Waals surface area contributed by atoms with Gasteiger partial charge in [-0.2, -0.15) is 0 Å². The number of nitrogens with two attached hydrogens (primary N) is 1. The first kappa shape index (κ1) is 12.5. The van der Waals surface area contributed by atoms with E-state index in [0.717, 1.165) is 19.0 Å². The van der Waals surface area contributed by atoms with Crippen molar-refractivity contribution in [1.29, 1.82) is 0 Å². The fourth-order valence-corrected chi connectivity index (χ4v) is 2.79. The normalized spacial score (nSPS) is 30.7. The van der Waals surface area contributed by atoms with Crippen molar-refractivity contribution in [2.75, 3.05) is 13.1 Å². The molecule has 1 aliphatic carbocycles. The summed E-state index contributed by atoms with van der Waals surface area (Å²) >= 11 is 0. The van der Waals surface area contributed by atoms with E-state index in [1.165, 1.54) is 32.1 Å². The second-order valence-corrected chi connectivity index (χ2v) is 4.49. The molecule has 0 aromatic carbocycles. The van der Waals surface area contributed by atoms with Crippen LogP contribution in [0.15, 0.2) is 0 Å². The molecule has 0 radical (unpaired) electrons. The van der Waals surface area contributed by atoms with Crippen LogP contribution in [0.3, 0.4) is 0 Å². The van der Waals surface area contributed by atoms with Gasteiger partial charge in [0.05, 0.1) is 6.54 Å². The molecule has 2 heteroatoms. The molecule has 86 valence electrons. The summed E-state index contributed by atoms with van der Waals surface area (Å²) in [5.41, 5.74) is 6.14. The molecule has 15 heavy (non-hydrogen) atoms. The lowest BCUT2D eigenvalue weighted by Crippen LogP contribution is -2.58. The van der Waals surface area contributed by atoms with Gasteiger partial charge in [-0.15, -0.1) is 5.92 Å². The third-order valence-corrected chi connectivity index (χ3v) is 3.77. The van der Waals surface area contributed by atoms with Gasteiger partial charge < -0.3 is 5.73 Å². The second-order valence-electron chi connectivity index (χ2n) is 4.49. The molecule has 0 aliphatic heterocycles. The third-order valence-electron chi connectivity index (χ3n) is 3.77. The Labute approximate surface area is 94.0 Å². The maximum atomic E-state index is 5.98. The molecule has 2 unspecified atom stereocenters. The van der Waals surface area contributed by atoms with Crippen LogP contribution in [0.5, 0.6) is 0 Å². The van der Waals surface area contributed by atoms with Crippen LogP contribution in [-0.4, -0.2) is 18.6 Å². The van der Waals surface area contributed by atoms with Crippen LogP contribution < -0.4 is 11.1 Å². The highest BCUT2D eigenvalue weighted by Gasteiger charge is 2.37. The van der Waals surface area contributed by atoms with Crippen molar-refractivity contribution in [3.05, 3.63) is 0 Å². The first-order chi connectivity index (χ1) is 7.29. The molecule has 0 bridgehead atoms. The number of nitrogens with one attached hydrogen (secondary N) is 1. The largest absolute Gasteiger partial charge is 0.329 e. The molecule has 0 aromatic rings. The first-order valence-corrected chi connectivity index (χ1v) is 6.13. The minimum atomic E-state index is 0.164. The number of rotatable bonds is 4. The first-order valence-electron chi connectivity index (χ1n) is 6.13. The molecule has 2 nitrogen and oxygen atoms in total. The van der Waals surface area contributed by atoms with E-state index in [1.807, 2.05) is 6.92 Å². The smallest absolute Gasteiger partial charge is 0.0581 e. The van der Waals surface area contributed by atoms with E-state index in [9.17, 15) is 0 Å². The fourth-order valence-electron chi connectivity index (χ4n) is 2.79. The maximum Gasteiger partial charge on any atom is 0.0581 e. The lowest BCUT2D eigenvalue weighted by molar-refractivity contribution is 0.149. The Morgan fingerprint density at radius 3 is 2.87 bits per heavy atom. The molecule has 1 rings (SSSR count). The van der Waals surface area contributed by atoms with Gasteiger partial charge in [0.2, 0.25) is 0 Å². The lowest BCUT2D eigenvalue weighted by atomic mass is 9.71. The highest BCUT2D eigenvalue weighted by Crippen LogP contribution is 2.35. The van der Waals surface area contributed by atoms with Crippen molar-refractivity contribution in [3.63, 3.8) is 0 Å². The Bertz CT molecular complexity index is 239. The van der Waals surface area contributed by atoms with Crippen molar-refractivity contribution in [2.24, 2.45) is 11.7 Å². The summed E-state index contributed by atoms with van der Waals surface area (Å²) in [5, 5.41) is 3.59. The van der Waals surface area contributed by atoms with Gasteiger partial charge >= 0.3 is 0 Å². The maximum absolute atomic E-state index is 5.98. The van der Waals surface area contributed by atoms with E-state index in [4.69, 9.17) is 5.73 Å². The summed E-state index contributed by atoms with van der Waals surface area (Å²) in [6.45, 7) is 5.68. The van der Waals surface area contributed by atoms with Crippen LogP contribution >= 0.6 is 0 Å². The van der Waals surface area contributed by atoms with Crippen LogP contribution in [0.4, 0.5) is 0 Å². The van der Waals surface area contributed by atoms with Gasteiger partial charge in [0, 0.05) is 12.1 Å². The number of hydrogen-bond acceptors (Lipinski definition) is 2. The van der Waals surface area contributed by atoms with E-state index < -0.39 is 0 Å². The van der Waals surface area contributed by atoms with Crippen LogP contribution in [0.1, 0.15) is 46.0 Å². The summed E-state index contributed by atoms with van der Waals surface area (Å²) in [6.07, 6.45) is 6.43. The predicted molar refractivity (Wildman–Crippen MR) is 65.5 cm³/mol. The molecule has 1 saturated carbocycles. The average molecular weight is 208 g/mol. The number of hydrogen-bond donors (Lipinski definition) is 2. The second kappa shape index (κ2) is 6.15. The van der Waals surface area contributed by atoms with Crippen molar-refractivity contribution < 1.29 is 0 Å². The molecular formula is C13H24N2. The summed E-state index contributed by atoms with van der Waals surface area (Å²) in [4.78, 5) is 0. The third kappa shape index (κ3) is 2.96. The summed E-state index contributed by atoms with van der Waals surface area (Å²) in [6, 6.07) is 0. The molecule has 0 amide bonds. The van der Waals surface area contributed by atoms with E-state index >= 15 is 0 Å². The van der Waals surface area contributed by atoms with Gasteiger partial charge in [-0.3, -0.25) is 5.32 Å². The van der Waals surface area contributed by atoms with E-state index in [1.54, 1.807) is 0 Å². The molecule has 1 aliphatic rings. The van der Waals surface area contributed by atoms with Gasteiger partial charge in [0.1, 0.15) is 0 Å². The lowest BCUT2D eigenvalue weighted by Gasteiger charge is -2.44.